The maximum absolute atomic E-state index is 10.1. The molecule has 0 radical (unpaired) electrons. The van der Waals surface area contributed by atoms with E-state index in [1.165, 1.54) is 0 Å². The first-order valence-corrected chi connectivity index (χ1v) is 4.83. The molecule has 1 saturated heterocycles. The Morgan fingerprint density at radius 3 is 2.67 bits per heavy atom. The van der Waals surface area contributed by atoms with Crippen LogP contribution in [-0.2, 0) is 4.79 Å². The topological polar surface area (TPSA) is 88.2 Å². The average molecular weight is 209 g/mol. The third kappa shape index (κ3) is 4.42. The lowest BCUT2D eigenvalue weighted by atomic mass is 10.2. The fourth-order valence-corrected chi connectivity index (χ4v) is 1.27. The van der Waals surface area contributed by atoms with Gasteiger partial charge in [0.2, 0.25) is 0 Å². The van der Waals surface area contributed by atoms with Crippen LogP contribution in [0.15, 0.2) is 24.4 Å². The molecule has 5 nitrogen and oxygen atoms in total. The number of carboxylic acid groups (broad SMARTS) is 1. The van der Waals surface area contributed by atoms with Gasteiger partial charge in [-0.3, -0.25) is 4.79 Å². The summed E-state index contributed by atoms with van der Waals surface area (Å²) in [5, 5.41) is 11.2. The van der Waals surface area contributed by atoms with Crippen LogP contribution < -0.4 is 11.1 Å². The molecule has 0 spiro atoms. The molecule has 1 aliphatic heterocycles. The number of aliphatic carboxylic acids is 1. The molecule has 1 aromatic rings. The molecule has 5 heteroatoms. The molecule has 2 rings (SSSR count). The summed E-state index contributed by atoms with van der Waals surface area (Å²) >= 11 is 0. The number of hydrogen-bond acceptors (Lipinski definition) is 4. The second kappa shape index (κ2) is 5.98. The van der Waals surface area contributed by atoms with E-state index in [2.05, 4.69) is 10.3 Å². The van der Waals surface area contributed by atoms with Crippen molar-refractivity contribution in [2.24, 2.45) is 0 Å². The number of nitrogens with one attached hydrogen (secondary N) is 1. The first-order chi connectivity index (χ1) is 7.20. The minimum absolute atomic E-state index is 0.269. The van der Waals surface area contributed by atoms with Crippen molar-refractivity contribution in [1.29, 1.82) is 0 Å². The van der Waals surface area contributed by atoms with Crippen molar-refractivity contribution in [1.82, 2.24) is 10.3 Å². The molecule has 0 amide bonds. The summed E-state index contributed by atoms with van der Waals surface area (Å²) in [5.74, 6) is -0.148. The lowest BCUT2D eigenvalue weighted by Gasteiger charge is -1.99. The summed E-state index contributed by atoms with van der Waals surface area (Å²) in [4.78, 5) is 13.9. The van der Waals surface area contributed by atoms with E-state index >= 15 is 0 Å². The van der Waals surface area contributed by atoms with Gasteiger partial charge in [-0.2, -0.15) is 0 Å². The van der Waals surface area contributed by atoms with Crippen LogP contribution in [0.1, 0.15) is 12.8 Å². The number of carboxylic acids is 1. The van der Waals surface area contributed by atoms with Crippen LogP contribution in [-0.4, -0.2) is 28.6 Å². The van der Waals surface area contributed by atoms with E-state index in [-0.39, 0.29) is 6.04 Å². The van der Waals surface area contributed by atoms with Crippen molar-refractivity contribution in [2.75, 3.05) is 12.3 Å². The molecular formula is C10H15N3O2. The van der Waals surface area contributed by atoms with E-state index in [4.69, 9.17) is 10.8 Å². The highest BCUT2D eigenvalue weighted by Gasteiger charge is 2.20. The van der Waals surface area contributed by atoms with E-state index in [0.29, 0.717) is 5.82 Å². The number of nitrogens with two attached hydrogens (primary N) is 1. The molecule has 2 heterocycles. The van der Waals surface area contributed by atoms with Crippen molar-refractivity contribution in [3.63, 3.8) is 0 Å². The molecule has 0 aromatic carbocycles. The van der Waals surface area contributed by atoms with Gasteiger partial charge in [-0.05, 0) is 31.5 Å². The van der Waals surface area contributed by atoms with Gasteiger partial charge < -0.3 is 16.2 Å². The fraction of sp³-hybridized carbons (Fsp3) is 0.400. The highest BCUT2D eigenvalue weighted by Crippen LogP contribution is 2.03. The van der Waals surface area contributed by atoms with Gasteiger partial charge in [-0.15, -0.1) is 0 Å². The van der Waals surface area contributed by atoms with Gasteiger partial charge in [-0.1, -0.05) is 6.07 Å². The first kappa shape index (κ1) is 11.5. The van der Waals surface area contributed by atoms with Crippen LogP contribution in [0.2, 0.25) is 0 Å². The molecule has 15 heavy (non-hydrogen) atoms. The zero-order chi connectivity index (χ0) is 11.1. The Bertz CT molecular complexity index is 297. The lowest BCUT2D eigenvalue weighted by Crippen LogP contribution is -2.29. The van der Waals surface area contributed by atoms with Crippen molar-refractivity contribution >= 4 is 11.8 Å². The number of aromatic nitrogens is 1. The fourth-order valence-electron chi connectivity index (χ4n) is 1.27. The maximum atomic E-state index is 10.1. The van der Waals surface area contributed by atoms with E-state index in [1.807, 2.05) is 12.1 Å². The molecular weight excluding hydrogens is 194 g/mol. The second-order valence-electron chi connectivity index (χ2n) is 3.24. The molecule has 1 atom stereocenters. The maximum Gasteiger partial charge on any atom is 0.320 e. The van der Waals surface area contributed by atoms with Gasteiger partial charge in [0.05, 0.1) is 0 Å². The minimum atomic E-state index is -0.720. The average Bonchev–Trinajstić information content (AvgIpc) is 2.72. The number of anilines is 1. The molecule has 1 fully saturated rings. The van der Waals surface area contributed by atoms with E-state index in [0.717, 1.165) is 19.4 Å². The molecule has 1 aromatic heterocycles. The minimum Gasteiger partial charge on any atom is -0.480 e. The third-order valence-corrected chi connectivity index (χ3v) is 2.05. The second-order valence-corrected chi connectivity index (χ2v) is 3.24. The third-order valence-electron chi connectivity index (χ3n) is 2.05. The molecule has 4 N–H and O–H groups in total. The van der Waals surface area contributed by atoms with Gasteiger partial charge in [0.1, 0.15) is 11.9 Å². The Morgan fingerprint density at radius 2 is 2.40 bits per heavy atom. The van der Waals surface area contributed by atoms with Crippen LogP contribution in [0.4, 0.5) is 5.82 Å². The number of carbonyl (C=O) groups is 1. The molecule has 1 aliphatic rings. The van der Waals surface area contributed by atoms with Gasteiger partial charge >= 0.3 is 5.97 Å². The number of hydrogen-bond donors (Lipinski definition) is 3. The van der Waals surface area contributed by atoms with E-state index < -0.39 is 5.97 Å². The monoisotopic (exact) mass is 209 g/mol. The number of nitrogen functional groups attached to an aromatic ring is 1. The van der Waals surface area contributed by atoms with Crippen LogP contribution in [0.5, 0.6) is 0 Å². The highest BCUT2D eigenvalue weighted by molar-refractivity contribution is 5.73. The number of pyridine rings is 1. The normalized spacial score (nSPS) is 19.1. The first-order valence-electron chi connectivity index (χ1n) is 4.83. The largest absolute Gasteiger partial charge is 0.480 e. The van der Waals surface area contributed by atoms with Crippen LogP contribution in [0.3, 0.4) is 0 Å². The van der Waals surface area contributed by atoms with Gasteiger partial charge in [0, 0.05) is 6.20 Å². The summed E-state index contributed by atoms with van der Waals surface area (Å²) in [6, 6.07) is 5.16. The summed E-state index contributed by atoms with van der Waals surface area (Å²) in [7, 11) is 0. The van der Waals surface area contributed by atoms with Crippen molar-refractivity contribution in [3.05, 3.63) is 24.4 Å². The zero-order valence-electron chi connectivity index (χ0n) is 8.39. The Kier molecular flexibility index (Phi) is 4.56. The molecule has 0 bridgehead atoms. The molecule has 0 aliphatic carbocycles. The van der Waals surface area contributed by atoms with Gasteiger partial charge in [-0.25, -0.2) is 4.98 Å². The quantitative estimate of drug-likeness (QED) is 0.626. The molecule has 0 saturated carbocycles. The Balaban J connectivity index is 0.000000151. The van der Waals surface area contributed by atoms with Crippen molar-refractivity contribution in [3.8, 4) is 0 Å². The zero-order valence-corrected chi connectivity index (χ0v) is 8.39. The lowest BCUT2D eigenvalue weighted by molar-refractivity contribution is -0.139. The van der Waals surface area contributed by atoms with Crippen LogP contribution >= 0.6 is 0 Å². The summed E-state index contributed by atoms with van der Waals surface area (Å²) in [6.45, 7) is 0.858. The smallest absolute Gasteiger partial charge is 0.320 e. The standard InChI is InChI=1S/C5H6N2.C5H9NO2/c6-5-3-1-2-4-7-5;7-5(8)4-2-1-3-6-4/h1-4H,(H2,6,7);4,6H,1-3H2,(H,7,8). The Morgan fingerprint density at radius 1 is 1.60 bits per heavy atom. The Labute approximate surface area is 88.3 Å². The predicted molar refractivity (Wildman–Crippen MR) is 57.3 cm³/mol. The summed E-state index contributed by atoms with van der Waals surface area (Å²) in [6.07, 6.45) is 3.45. The molecule has 82 valence electrons. The van der Waals surface area contributed by atoms with Gasteiger partial charge in [0.25, 0.3) is 0 Å². The number of rotatable bonds is 1. The predicted octanol–water partition coefficient (Wildman–Crippen LogP) is 0.487. The van der Waals surface area contributed by atoms with Crippen molar-refractivity contribution < 1.29 is 9.90 Å². The molecule has 1 unspecified atom stereocenters. The Hall–Kier alpha value is -1.62. The highest BCUT2D eigenvalue weighted by atomic mass is 16.4. The van der Waals surface area contributed by atoms with Crippen LogP contribution in [0, 0.1) is 0 Å². The summed E-state index contributed by atoms with van der Waals surface area (Å²) < 4.78 is 0. The SMILES string of the molecule is Nc1ccccn1.O=C(O)C1CCCN1. The van der Waals surface area contributed by atoms with Crippen LogP contribution in [0.25, 0.3) is 0 Å². The van der Waals surface area contributed by atoms with E-state index in [9.17, 15) is 4.79 Å². The van der Waals surface area contributed by atoms with Gasteiger partial charge in [0.15, 0.2) is 0 Å². The number of nitrogens with zero attached hydrogens (tertiary/aromatic N) is 1. The van der Waals surface area contributed by atoms with E-state index in [1.54, 1.807) is 12.3 Å². The summed E-state index contributed by atoms with van der Waals surface area (Å²) in [5.41, 5.74) is 5.25. The van der Waals surface area contributed by atoms with Crippen molar-refractivity contribution in [2.45, 2.75) is 18.9 Å².